The number of nitrogens with one attached hydrogen (secondary N) is 2. The van der Waals surface area contributed by atoms with E-state index in [4.69, 9.17) is 0 Å². The molecule has 28 heavy (non-hydrogen) atoms. The number of hydrogen-bond acceptors (Lipinski definition) is 3. The molecule has 0 atom stereocenters. The summed E-state index contributed by atoms with van der Waals surface area (Å²) in [5.41, 5.74) is 2.12. The Kier molecular flexibility index (Phi) is 5.51. The van der Waals surface area contributed by atoms with Crippen LogP contribution in [0.3, 0.4) is 0 Å². The molecule has 4 rings (SSSR count). The fourth-order valence-corrected chi connectivity index (χ4v) is 3.28. The van der Waals surface area contributed by atoms with Crippen LogP contribution in [0.2, 0.25) is 0 Å². The van der Waals surface area contributed by atoms with Gasteiger partial charge in [-0.2, -0.15) is 0 Å². The molecule has 7 nitrogen and oxygen atoms in total. The summed E-state index contributed by atoms with van der Waals surface area (Å²) in [5, 5.41) is 16.4. The molecular weight excluding hydrogens is 350 g/mol. The van der Waals surface area contributed by atoms with E-state index in [1.807, 2.05) is 28.8 Å². The molecule has 1 aromatic carbocycles. The predicted molar refractivity (Wildman–Crippen MR) is 112 cm³/mol. The molecule has 7 heteroatoms. The lowest BCUT2D eigenvalue weighted by Crippen LogP contribution is -2.38. The van der Waals surface area contributed by atoms with Crippen molar-refractivity contribution in [2.75, 3.05) is 13.1 Å². The second kappa shape index (κ2) is 8.56. The molecule has 0 unspecified atom stereocenters. The van der Waals surface area contributed by atoms with Crippen LogP contribution in [-0.2, 0) is 13.1 Å². The maximum Gasteiger partial charge on any atom is 0.191 e. The van der Waals surface area contributed by atoms with E-state index in [0.29, 0.717) is 6.54 Å². The number of aryl methyl sites for hydroxylation is 1. The number of guanidine groups is 1. The standard InChI is InChI=1S/C21H25N7/c1-2-22-21(24-16-20-26-25-19-10-5-6-14-28(19)20)23-12-7-13-27-15-11-17-8-3-4-9-18(17)27/h3-6,8-11,14-15H,2,7,12-13,16H2,1H3,(H2,22,23,24). The van der Waals surface area contributed by atoms with Crippen LogP contribution in [0.5, 0.6) is 0 Å². The van der Waals surface area contributed by atoms with Crippen LogP contribution in [0.1, 0.15) is 19.2 Å². The molecule has 0 saturated carbocycles. The van der Waals surface area contributed by atoms with Gasteiger partial charge in [0.25, 0.3) is 0 Å². The smallest absolute Gasteiger partial charge is 0.191 e. The largest absolute Gasteiger partial charge is 0.357 e. The van der Waals surface area contributed by atoms with Crippen molar-refractivity contribution >= 4 is 22.5 Å². The van der Waals surface area contributed by atoms with Crippen LogP contribution in [0, 0.1) is 0 Å². The first-order valence-corrected chi connectivity index (χ1v) is 9.70. The average molecular weight is 375 g/mol. The zero-order valence-electron chi connectivity index (χ0n) is 16.0. The summed E-state index contributed by atoms with van der Waals surface area (Å²) in [6.45, 7) is 5.17. The minimum atomic E-state index is 0.475. The quantitative estimate of drug-likeness (QED) is 0.296. The van der Waals surface area contributed by atoms with E-state index < -0.39 is 0 Å². The molecule has 0 aliphatic rings. The lowest BCUT2D eigenvalue weighted by Gasteiger charge is -2.11. The van der Waals surface area contributed by atoms with Gasteiger partial charge in [0.05, 0.1) is 0 Å². The fraction of sp³-hybridized carbons (Fsp3) is 0.286. The zero-order valence-corrected chi connectivity index (χ0v) is 16.0. The van der Waals surface area contributed by atoms with E-state index in [-0.39, 0.29) is 0 Å². The van der Waals surface area contributed by atoms with Gasteiger partial charge in [-0.3, -0.25) is 4.40 Å². The molecule has 0 fully saturated rings. The van der Waals surface area contributed by atoms with Gasteiger partial charge in [-0.1, -0.05) is 24.3 Å². The maximum absolute atomic E-state index is 4.65. The third kappa shape index (κ3) is 3.98. The SMILES string of the molecule is CCNC(=NCc1nnc2ccccn12)NCCCn1ccc2ccccc21. The van der Waals surface area contributed by atoms with Crippen molar-refractivity contribution in [2.45, 2.75) is 26.4 Å². The number of nitrogens with zero attached hydrogens (tertiary/aromatic N) is 5. The van der Waals surface area contributed by atoms with E-state index in [1.54, 1.807) is 0 Å². The third-order valence-corrected chi connectivity index (χ3v) is 4.66. The Bertz CT molecular complexity index is 1080. The molecule has 0 radical (unpaired) electrons. The Labute approximate surface area is 164 Å². The average Bonchev–Trinajstić information content (AvgIpc) is 3.33. The zero-order chi connectivity index (χ0) is 19.2. The number of fused-ring (bicyclic) bond motifs is 2. The third-order valence-electron chi connectivity index (χ3n) is 4.66. The first kappa shape index (κ1) is 18.0. The highest BCUT2D eigenvalue weighted by Gasteiger charge is 2.05. The van der Waals surface area contributed by atoms with Gasteiger partial charge in [0, 0.05) is 37.5 Å². The lowest BCUT2D eigenvalue weighted by molar-refractivity contribution is 0.640. The molecule has 144 valence electrons. The molecule has 0 spiro atoms. The van der Waals surface area contributed by atoms with Crippen molar-refractivity contribution in [3.05, 3.63) is 66.7 Å². The second-order valence-electron chi connectivity index (χ2n) is 6.59. The summed E-state index contributed by atoms with van der Waals surface area (Å²) in [4.78, 5) is 4.65. The number of aromatic nitrogens is 4. The summed E-state index contributed by atoms with van der Waals surface area (Å²) < 4.78 is 4.26. The summed E-state index contributed by atoms with van der Waals surface area (Å²) in [7, 11) is 0. The molecule has 3 heterocycles. The fourth-order valence-electron chi connectivity index (χ4n) is 3.28. The van der Waals surface area contributed by atoms with Crippen molar-refractivity contribution in [2.24, 2.45) is 4.99 Å². The monoisotopic (exact) mass is 375 g/mol. The van der Waals surface area contributed by atoms with Crippen LogP contribution < -0.4 is 10.6 Å². The number of hydrogen-bond donors (Lipinski definition) is 2. The van der Waals surface area contributed by atoms with Gasteiger partial charge in [0.2, 0.25) is 0 Å². The normalized spacial score (nSPS) is 12.0. The van der Waals surface area contributed by atoms with Gasteiger partial charge in [-0.05, 0) is 43.0 Å². The lowest BCUT2D eigenvalue weighted by atomic mass is 10.2. The van der Waals surface area contributed by atoms with E-state index in [0.717, 1.165) is 43.5 Å². The van der Waals surface area contributed by atoms with E-state index in [9.17, 15) is 0 Å². The van der Waals surface area contributed by atoms with Gasteiger partial charge in [-0.25, -0.2) is 4.99 Å². The van der Waals surface area contributed by atoms with Gasteiger partial charge in [-0.15, -0.1) is 10.2 Å². The number of para-hydroxylation sites is 1. The molecule has 0 bridgehead atoms. The number of pyridine rings is 1. The number of rotatable bonds is 7. The molecule has 3 aromatic heterocycles. The van der Waals surface area contributed by atoms with Crippen LogP contribution >= 0.6 is 0 Å². The minimum Gasteiger partial charge on any atom is -0.357 e. The van der Waals surface area contributed by atoms with Crippen molar-refractivity contribution in [1.29, 1.82) is 0 Å². The molecule has 4 aromatic rings. The molecule has 2 N–H and O–H groups in total. The van der Waals surface area contributed by atoms with Gasteiger partial charge < -0.3 is 15.2 Å². The van der Waals surface area contributed by atoms with Crippen molar-refractivity contribution in [1.82, 2.24) is 29.8 Å². The molecular formula is C21H25N7. The van der Waals surface area contributed by atoms with Crippen LogP contribution in [0.25, 0.3) is 16.6 Å². The van der Waals surface area contributed by atoms with Crippen LogP contribution in [0.4, 0.5) is 0 Å². The number of aliphatic imine (C=N–C) groups is 1. The first-order chi connectivity index (χ1) is 13.8. The predicted octanol–water partition coefficient (Wildman–Crippen LogP) is 2.83. The van der Waals surface area contributed by atoms with Crippen LogP contribution in [0.15, 0.2) is 65.9 Å². The summed E-state index contributed by atoms with van der Waals surface area (Å²) in [6, 6.07) is 16.5. The molecule has 0 aliphatic heterocycles. The maximum atomic E-state index is 4.65. The van der Waals surface area contributed by atoms with Crippen molar-refractivity contribution in [3.8, 4) is 0 Å². The highest BCUT2D eigenvalue weighted by molar-refractivity contribution is 5.80. The van der Waals surface area contributed by atoms with Crippen molar-refractivity contribution < 1.29 is 0 Å². The van der Waals surface area contributed by atoms with E-state index in [1.165, 1.54) is 10.9 Å². The van der Waals surface area contributed by atoms with Crippen LogP contribution in [-0.4, -0.2) is 38.2 Å². The summed E-state index contributed by atoms with van der Waals surface area (Å²) in [5.74, 6) is 1.62. The van der Waals surface area contributed by atoms with Gasteiger partial charge in [0.1, 0.15) is 6.54 Å². The Morgan fingerprint density at radius 1 is 1.00 bits per heavy atom. The van der Waals surface area contributed by atoms with Gasteiger partial charge >= 0.3 is 0 Å². The minimum absolute atomic E-state index is 0.475. The topological polar surface area (TPSA) is 71.5 Å². The van der Waals surface area contributed by atoms with E-state index in [2.05, 4.69) is 73.8 Å². The van der Waals surface area contributed by atoms with Crippen molar-refractivity contribution in [3.63, 3.8) is 0 Å². The molecule has 0 saturated heterocycles. The Hall–Kier alpha value is -3.35. The Morgan fingerprint density at radius 3 is 2.82 bits per heavy atom. The molecule has 0 aliphatic carbocycles. The highest BCUT2D eigenvalue weighted by Crippen LogP contribution is 2.15. The summed E-state index contributed by atoms with van der Waals surface area (Å²) >= 11 is 0. The highest BCUT2D eigenvalue weighted by atomic mass is 15.3. The Balaban J connectivity index is 1.33. The second-order valence-corrected chi connectivity index (χ2v) is 6.59. The first-order valence-electron chi connectivity index (χ1n) is 9.70. The summed E-state index contributed by atoms with van der Waals surface area (Å²) in [6.07, 6.45) is 5.12. The van der Waals surface area contributed by atoms with Gasteiger partial charge in [0.15, 0.2) is 17.4 Å². The number of benzene rings is 1. The van der Waals surface area contributed by atoms with E-state index >= 15 is 0 Å². The molecule has 0 amide bonds. The Morgan fingerprint density at radius 2 is 1.89 bits per heavy atom.